The van der Waals surface area contributed by atoms with Crippen LogP contribution in [0.2, 0.25) is 0 Å². The lowest BCUT2D eigenvalue weighted by Crippen LogP contribution is -2.30. The molecule has 0 aliphatic carbocycles. The highest BCUT2D eigenvalue weighted by Gasteiger charge is 2.14. The number of hydrogen-bond donors (Lipinski definition) is 1. The van der Waals surface area contributed by atoms with Gasteiger partial charge >= 0.3 is 0 Å². The summed E-state index contributed by atoms with van der Waals surface area (Å²) < 4.78 is 10.9. The van der Waals surface area contributed by atoms with Crippen LogP contribution in [0.3, 0.4) is 0 Å². The van der Waals surface area contributed by atoms with Crippen LogP contribution in [0.15, 0.2) is 0 Å². The van der Waals surface area contributed by atoms with Crippen molar-refractivity contribution in [3.8, 4) is 0 Å². The Balaban J connectivity index is 1.97. The molecule has 3 heteroatoms. The third kappa shape index (κ3) is 4.60. The van der Waals surface area contributed by atoms with Crippen LogP contribution in [0, 0.1) is 0 Å². The molecule has 0 saturated carbocycles. The quantitative estimate of drug-likeness (QED) is 0.677. The molecule has 78 valence electrons. The first kappa shape index (κ1) is 11.0. The summed E-state index contributed by atoms with van der Waals surface area (Å²) in [6, 6.07) is 0.573. The van der Waals surface area contributed by atoms with Gasteiger partial charge in [0.05, 0.1) is 19.3 Å². The zero-order valence-corrected chi connectivity index (χ0v) is 8.71. The summed E-state index contributed by atoms with van der Waals surface area (Å²) >= 11 is 0. The molecule has 2 unspecified atom stereocenters. The minimum absolute atomic E-state index is 0.224. The molecular formula is C10H21NO2. The Morgan fingerprint density at radius 1 is 1.54 bits per heavy atom. The lowest BCUT2D eigenvalue weighted by molar-refractivity contribution is -0.00971. The predicted octanol–water partition coefficient (Wildman–Crippen LogP) is 1.18. The molecule has 0 radical (unpaired) electrons. The van der Waals surface area contributed by atoms with E-state index in [1.54, 1.807) is 0 Å². The zero-order valence-electron chi connectivity index (χ0n) is 8.71. The Morgan fingerprint density at radius 2 is 2.38 bits per heavy atom. The van der Waals surface area contributed by atoms with Gasteiger partial charge in [-0.1, -0.05) is 0 Å². The SMILES string of the molecule is CCOCC(C)OCC1CCCN1. The van der Waals surface area contributed by atoms with Gasteiger partial charge < -0.3 is 14.8 Å². The van der Waals surface area contributed by atoms with Crippen molar-refractivity contribution in [2.75, 3.05) is 26.4 Å². The average molecular weight is 187 g/mol. The fourth-order valence-corrected chi connectivity index (χ4v) is 1.51. The molecule has 1 aliphatic rings. The predicted molar refractivity (Wildman–Crippen MR) is 52.9 cm³/mol. The van der Waals surface area contributed by atoms with E-state index in [0.29, 0.717) is 12.6 Å². The highest BCUT2D eigenvalue weighted by molar-refractivity contribution is 4.73. The first-order valence-electron chi connectivity index (χ1n) is 5.25. The summed E-state index contributed by atoms with van der Waals surface area (Å²) in [5, 5.41) is 3.40. The van der Waals surface area contributed by atoms with Crippen molar-refractivity contribution in [1.82, 2.24) is 5.32 Å². The molecule has 1 fully saturated rings. The summed E-state index contributed by atoms with van der Waals surface area (Å²) in [7, 11) is 0. The molecule has 0 bridgehead atoms. The summed E-state index contributed by atoms with van der Waals surface area (Å²) in [5.74, 6) is 0. The molecule has 0 aromatic heterocycles. The van der Waals surface area contributed by atoms with Crippen LogP contribution >= 0.6 is 0 Å². The van der Waals surface area contributed by atoms with Crippen LogP contribution in [-0.4, -0.2) is 38.5 Å². The van der Waals surface area contributed by atoms with E-state index < -0.39 is 0 Å². The van der Waals surface area contributed by atoms with E-state index in [2.05, 4.69) is 12.2 Å². The zero-order chi connectivity index (χ0) is 9.52. The van der Waals surface area contributed by atoms with Crippen molar-refractivity contribution in [1.29, 1.82) is 0 Å². The second-order valence-electron chi connectivity index (χ2n) is 3.60. The number of hydrogen-bond acceptors (Lipinski definition) is 3. The van der Waals surface area contributed by atoms with Gasteiger partial charge in [-0.3, -0.25) is 0 Å². The van der Waals surface area contributed by atoms with Crippen LogP contribution < -0.4 is 5.32 Å². The molecular weight excluding hydrogens is 166 g/mol. The molecule has 1 rings (SSSR count). The Bertz CT molecular complexity index is 124. The monoisotopic (exact) mass is 187 g/mol. The van der Waals surface area contributed by atoms with E-state index in [9.17, 15) is 0 Å². The number of rotatable bonds is 6. The second kappa shape index (κ2) is 6.35. The highest BCUT2D eigenvalue weighted by Crippen LogP contribution is 2.06. The molecule has 1 heterocycles. The normalized spacial score (nSPS) is 24.9. The Morgan fingerprint density at radius 3 is 3.00 bits per heavy atom. The van der Waals surface area contributed by atoms with Gasteiger partial charge in [0.1, 0.15) is 0 Å². The first-order chi connectivity index (χ1) is 6.33. The molecule has 2 atom stereocenters. The third-order valence-electron chi connectivity index (χ3n) is 2.30. The van der Waals surface area contributed by atoms with Crippen molar-refractivity contribution in [2.24, 2.45) is 0 Å². The molecule has 0 amide bonds. The summed E-state index contributed by atoms with van der Waals surface area (Å²) in [6.07, 6.45) is 2.76. The molecule has 1 aliphatic heterocycles. The van der Waals surface area contributed by atoms with Crippen LogP contribution in [0.4, 0.5) is 0 Å². The lowest BCUT2D eigenvalue weighted by Gasteiger charge is -2.16. The molecule has 3 nitrogen and oxygen atoms in total. The van der Waals surface area contributed by atoms with E-state index in [-0.39, 0.29) is 6.10 Å². The van der Waals surface area contributed by atoms with Gasteiger partial charge in [-0.05, 0) is 33.2 Å². The Labute approximate surface area is 80.8 Å². The van der Waals surface area contributed by atoms with E-state index in [1.807, 2.05) is 6.92 Å². The average Bonchev–Trinajstić information content (AvgIpc) is 2.64. The van der Waals surface area contributed by atoms with Gasteiger partial charge in [0.2, 0.25) is 0 Å². The largest absolute Gasteiger partial charge is 0.379 e. The van der Waals surface area contributed by atoms with Gasteiger partial charge in [0.25, 0.3) is 0 Å². The number of nitrogens with one attached hydrogen (secondary N) is 1. The van der Waals surface area contributed by atoms with Gasteiger partial charge in [-0.25, -0.2) is 0 Å². The fourth-order valence-electron chi connectivity index (χ4n) is 1.51. The van der Waals surface area contributed by atoms with Crippen molar-refractivity contribution in [2.45, 2.75) is 38.8 Å². The van der Waals surface area contributed by atoms with E-state index in [1.165, 1.54) is 12.8 Å². The summed E-state index contributed by atoms with van der Waals surface area (Å²) in [4.78, 5) is 0. The molecule has 1 N–H and O–H groups in total. The van der Waals surface area contributed by atoms with Crippen LogP contribution in [0.25, 0.3) is 0 Å². The molecule has 1 saturated heterocycles. The summed E-state index contributed by atoms with van der Waals surface area (Å²) in [5.41, 5.74) is 0. The van der Waals surface area contributed by atoms with E-state index in [0.717, 1.165) is 19.8 Å². The van der Waals surface area contributed by atoms with Crippen molar-refractivity contribution < 1.29 is 9.47 Å². The van der Waals surface area contributed by atoms with E-state index in [4.69, 9.17) is 9.47 Å². The van der Waals surface area contributed by atoms with Gasteiger partial charge in [0, 0.05) is 12.6 Å². The standard InChI is InChI=1S/C10H21NO2/c1-3-12-7-9(2)13-8-10-5-4-6-11-10/h9-11H,3-8H2,1-2H3. The smallest absolute Gasteiger partial charge is 0.0781 e. The second-order valence-corrected chi connectivity index (χ2v) is 3.60. The van der Waals surface area contributed by atoms with Crippen molar-refractivity contribution in [3.05, 3.63) is 0 Å². The topological polar surface area (TPSA) is 30.5 Å². The molecule has 0 aromatic carbocycles. The molecule has 13 heavy (non-hydrogen) atoms. The van der Waals surface area contributed by atoms with Crippen molar-refractivity contribution >= 4 is 0 Å². The third-order valence-corrected chi connectivity index (χ3v) is 2.30. The first-order valence-corrected chi connectivity index (χ1v) is 5.25. The maximum Gasteiger partial charge on any atom is 0.0781 e. The van der Waals surface area contributed by atoms with Crippen LogP contribution in [-0.2, 0) is 9.47 Å². The van der Waals surface area contributed by atoms with Crippen LogP contribution in [0.1, 0.15) is 26.7 Å². The Hall–Kier alpha value is -0.120. The fraction of sp³-hybridized carbons (Fsp3) is 1.00. The minimum Gasteiger partial charge on any atom is -0.379 e. The maximum atomic E-state index is 5.64. The summed E-state index contributed by atoms with van der Waals surface area (Å²) in [6.45, 7) is 7.52. The molecule has 0 spiro atoms. The maximum absolute atomic E-state index is 5.64. The van der Waals surface area contributed by atoms with Crippen molar-refractivity contribution in [3.63, 3.8) is 0 Å². The Kier molecular flexibility index (Phi) is 5.35. The van der Waals surface area contributed by atoms with E-state index >= 15 is 0 Å². The van der Waals surface area contributed by atoms with Gasteiger partial charge in [-0.2, -0.15) is 0 Å². The lowest BCUT2D eigenvalue weighted by atomic mass is 10.2. The van der Waals surface area contributed by atoms with Gasteiger partial charge in [0.15, 0.2) is 0 Å². The minimum atomic E-state index is 0.224. The molecule has 0 aromatic rings. The van der Waals surface area contributed by atoms with Crippen LogP contribution in [0.5, 0.6) is 0 Å². The van der Waals surface area contributed by atoms with Gasteiger partial charge in [-0.15, -0.1) is 0 Å². The number of ether oxygens (including phenoxy) is 2. The highest BCUT2D eigenvalue weighted by atomic mass is 16.5.